The van der Waals surface area contributed by atoms with Crippen LogP contribution in [0.3, 0.4) is 0 Å². The number of carbonyl (C=O) groups is 1. The number of hydrogen-bond acceptors (Lipinski definition) is 4. The molecule has 2 bridgehead atoms. The van der Waals surface area contributed by atoms with Gasteiger partial charge in [0.25, 0.3) is 5.91 Å². The first kappa shape index (κ1) is 11.4. The lowest BCUT2D eigenvalue weighted by molar-refractivity contribution is 0.0919. The van der Waals surface area contributed by atoms with Crippen LogP contribution in [0, 0.1) is 5.92 Å². The van der Waals surface area contributed by atoms with E-state index in [1.807, 2.05) is 23.6 Å². The summed E-state index contributed by atoms with van der Waals surface area (Å²) >= 11 is 1.57. The van der Waals surface area contributed by atoms with Crippen molar-refractivity contribution in [2.45, 2.75) is 12.5 Å². The van der Waals surface area contributed by atoms with Crippen molar-refractivity contribution >= 4 is 27.5 Å². The first-order valence-electron chi connectivity index (χ1n) is 6.67. The molecule has 1 N–H and O–H groups in total. The van der Waals surface area contributed by atoms with Crippen molar-refractivity contribution in [2.75, 3.05) is 19.6 Å². The number of aromatic nitrogens is 1. The summed E-state index contributed by atoms with van der Waals surface area (Å²) in [5.41, 5.74) is 0.535. The van der Waals surface area contributed by atoms with Gasteiger partial charge in [-0.1, -0.05) is 0 Å². The van der Waals surface area contributed by atoms with Crippen LogP contribution in [0.15, 0.2) is 23.6 Å². The molecule has 0 aliphatic carbocycles. The van der Waals surface area contributed by atoms with Gasteiger partial charge in [0.05, 0.1) is 0 Å². The number of rotatable bonds is 2. The summed E-state index contributed by atoms with van der Waals surface area (Å²) in [5, 5.41) is 6.25. The second-order valence-electron chi connectivity index (χ2n) is 5.40. The molecule has 2 saturated heterocycles. The molecule has 0 aromatic carbocycles. The van der Waals surface area contributed by atoms with Gasteiger partial charge < -0.3 is 10.2 Å². The molecule has 2 aromatic heterocycles. The van der Waals surface area contributed by atoms with Gasteiger partial charge in [-0.15, -0.1) is 11.3 Å². The number of fused-ring (bicyclic) bond motifs is 3. The Morgan fingerprint density at radius 3 is 3.11 bits per heavy atom. The summed E-state index contributed by atoms with van der Waals surface area (Å²) in [6.45, 7) is 3.33. The average Bonchev–Trinajstić information content (AvgIpc) is 3.13. The van der Waals surface area contributed by atoms with Gasteiger partial charge in [-0.25, -0.2) is 4.98 Å². The molecule has 5 heteroatoms. The minimum absolute atomic E-state index is 0.0333. The summed E-state index contributed by atoms with van der Waals surface area (Å²) in [6, 6.07) is 6.12. The van der Waals surface area contributed by atoms with Crippen LogP contribution < -0.4 is 5.32 Å². The van der Waals surface area contributed by atoms with Gasteiger partial charge in [0.15, 0.2) is 0 Å². The molecule has 3 unspecified atom stereocenters. The van der Waals surface area contributed by atoms with Gasteiger partial charge in [-0.3, -0.25) is 4.79 Å². The number of hydrogen-bond donors (Lipinski definition) is 1. The van der Waals surface area contributed by atoms with Crippen LogP contribution >= 0.6 is 11.3 Å². The number of piperidine rings is 1. The molecular weight excluding hydrogens is 258 g/mol. The third-order valence-electron chi connectivity index (χ3n) is 4.20. The van der Waals surface area contributed by atoms with Crippen molar-refractivity contribution in [2.24, 2.45) is 5.92 Å². The molecule has 4 heterocycles. The van der Waals surface area contributed by atoms with Crippen LogP contribution in [0.1, 0.15) is 16.9 Å². The first-order chi connectivity index (χ1) is 9.29. The normalized spacial score (nSPS) is 28.9. The lowest BCUT2D eigenvalue weighted by Gasteiger charge is -2.22. The Bertz CT molecular complexity index is 638. The zero-order chi connectivity index (χ0) is 12.8. The van der Waals surface area contributed by atoms with Gasteiger partial charge in [-0.05, 0) is 42.5 Å². The number of thiophene rings is 1. The number of carbonyl (C=O) groups excluding carboxylic acids is 1. The lowest BCUT2D eigenvalue weighted by Crippen LogP contribution is -2.43. The van der Waals surface area contributed by atoms with Crippen molar-refractivity contribution in [3.63, 3.8) is 0 Å². The van der Waals surface area contributed by atoms with Gasteiger partial charge >= 0.3 is 0 Å². The fourth-order valence-electron chi connectivity index (χ4n) is 3.16. The molecule has 1 amide bonds. The van der Waals surface area contributed by atoms with Gasteiger partial charge in [0.2, 0.25) is 0 Å². The van der Waals surface area contributed by atoms with Crippen molar-refractivity contribution in [3.05, 3.63) is 29.3 Å². The summed E-state index contributed by atoms with van der Waals surface area (Å²) in [6.07, 6.45) is 1.21. The fraction of sp³-hybridized carbons (Fsp3) is 0.429. The Balaban J connectivity index is 1.53. The van der Waals surface area contributed by atoms with E-state index < -0.39 is 0 Å². The highest BCUT2D eigenvalue weighted by molar-refractivity contribution is 7.16. The highest BCUT2D eigenvalue weighted by Crippen LogP contribution is 2.28. The summed E-state index contributed by atoms with van der Waals surface area (Å²) in [7, 11) is 0. The Hall–Kier alpha value is -1.46. The SMILES string of the molecule is O=C(NC1CN2CCC1C2)c1ccc2ccsc2n1. The first-order valence-corrected chi connectivity index (χ1v) is 7.55. The number of pyridine rings is 1. The molecule has 98 valence electrons. The van der Waals surface area contributed by atoms with E-state index in [2.05, 4.69) is 15.2 Å². The summed E-state index contributed by atoms with van der Waals surface area (Å²) in [5.74, 6) is 0.600. The zero-order valence-corrected chi connectivity index (χ0v) is 11.3. The number of nitrogens with one attached hydrogen (secondary N) is 1. The van der Waals surface area contributed by atoms with Crippen LogP contribution in [-0.2, 0) is 0 Å². The lowest BCUT2D eigenvalue weighted by atomic mass is 10.00. The smallest absolute Gasteiger partial charge is 0.270 e. The molecule has 19 heavy (non-hydrogen) atoms. The molecule has 2 aliphatic rings. The van der Waals surface area contributed by atoms with Crippen molar-refractivity contribution in [1.29, 1.82) is 0 Å². The second-order valence-corrected chi connectivity index (χ2v) is 6.29. The highest BCUT2D eigenvalue weighted by atomic mass is 32.1. The third-order valence-corrected chi connectivity index (χ3v) is 5.02. The molecule has 2 fully saturated rings. The maximum Gasteiger partial charge on any atom is 0.270 e. The predicted molar refractivity (Wildman–Crippen MR) is 75.4 cm³/mol. The van der Waals surface area contributed by atoms with Gasteiger partial charge in [0, 0.05) is 24.5 Å². The monoisotopic (exact) mass is 273 g/mol. The molecule has 0 radical (unpaired) electrons. The van der Waals surface area contributed by atoms with Crippen LogP contribution in [0.4, 0.5) is 0 Å². The van der Waals surface area contributed by atoms with E-state index in [9.17, 15) is 4.79 Å². The largest absolute Gasteiger partial charge is 0.346 e. The van der Waals surface area contributed by atoms with Crippen LogP contribution in [0.5, 0.6) is 0 Å². The van der Waals surface area contributed by atoms with Crippen molar-refractivity contribution < 1.29 is 4.79 Å². The topological polar surface area (TPSA) is 45.2 Å². The molecule has 0 saturated carbocycles. The Morgan fingerprint density at radius 2 is 2.32 bits per heavy atom. The van der Waals surface area contributed by atoms with Crippen LogP contribution in [0.25, 0.3) is 10.2 Å². The Kier molecular flexibility index (Phi) is 2.56. The molecule has 4 nitrogen and oxygen atoms in total. The maximum absolute atomic E-state index is 12.3. The Labute approximate surface area is 115 Å². The van der Waals surface area contributed by atoms with E-state index in [0.717, 1.165) is 23.3 Å². The van der Waals surface area contributed by atoms with E-state index in [0.29, 0.717) is 17.7 Å². The molecule has 0 spiro atoms. The van der Waals surface area contributed by atoms with E-state index in [4.69, 9.17) is 0 Å². The molecule has 2 aliphatic heterocycles. The third kappa shape index (κ3) is 1.93. The number of amides is 1. The van der Waals surface area contributed by atoms with E-state index in [1.165, 1.54) is 13.0 Å². The second kappa shape index (κ2) is 4.28. The fourth-order valence-corrected chi connectivity index (χ4v) is 3.93. The van der Waals surface area contributed by atoms with E-state index in [1.54, 1.807) is 11.3 Å². The van der Waals surface area contributed by atoms with E-state index in [-0.39, 0.29) is 5.91 Å². The number of nitrogens with zero attached hydrogens (tertiary/aromatic N) is 2. The van der Waals surface area contributed by atoms with Crippen molar-refractivity contribution in [1.82, 2.24) is 15.2 Å². The summed E-state index contributed by atoms with van der Waals surface area (Å²) < 4.78 is 0. The summed E-state index contributed by atoms with van der Waals surface area (Å²) in [4.78, 5) is 20.0. The minimum atomic E-state index is -0.0333. The van der Waals surface area contributed by atoms with Crippen LogP contribution in [-0.4, -0.2) is 41.5 Å². The zero-order valence-electron chi connectivity index (χ0n) is 10.5. The maximum atomic E-state index is 12.3. The standard InChI is InChI=1S/C14H15N3OS/c18-13(15-12-8-17-5-3-10(12)7-17)11-2-1-9-4-6-19-14(9)16-11/h1-2,4,6,10,12H,3,5,7-8H2,(H,15,18). The quantitative estimate of drug-likeness (QED) is 0.906. The van der Waals surface area contributed by atoms with Crippen LogP contribution in [0.2, 0.25) is 0 Å². The molecule has 3 atom stereocenters. The van der Waals surface area contributed by atoms with Crippen molar-refractivity contribution in [3.8, 4) is 0 Å². The highest BCUT2D eigenvalue weighted by Gasteiger charge is 2.38. The molecule has 4 rings (SSSR count). The molecular formula is C14H15N3OS. The minimum Gasteiger partial charge on any atom is -0.346 e. The average molecular weight is 273 g/mol. The molecule has 2 aromatic rings. The Morgan fingerprint density at radius 1 is 1.37 bits per heavy atom. The van der Waals surface area contributed by atoms with Gasteiger partial charge in [0.1, 0.15) is 10.5 Å². The van der Waals surface area contributed by atoms with Gasteiger partial charge in [-0.2, -0.15) is 0 Å². The predicted octanol–water partition coefficient (Wildman–Crippen LogP) is 1.73. The van der Waals surface area contributed by atoms with E-state index >= 15 is 0 Å².